The van der Waals surface area contributed by atoms with Crippen LogP contribution in [0, 0.1) is 0 Å². The standard InChI is InChI=1S/C14H17F3N2O2/c15-14(16,17)21-11-5-3-4-10(8-11)9-19-12-6-1-2-7-18-13(12)20/h3-5,8,12,19H,1-2,6-7,9H2,(H,18,20). The first-order valence-corrected chi connectivity index (χ1v) is 6.80. The minimum absolute atomic E-state index is 0.0600. The van der Waals surface area contributed by atoms with Gasteiger partial charge in [-0.1, -0.05) is 12.1 Å². The Hall–Kier alpha value is -1.76. The Balaban J connectivity index is 1.93. The van der Waals surface area contributed by atoms with E-state index in [9.17, 15) is 18.0 Å². The second kappa shape index (κ2) is 6.80. The van der Waals surface area contributed by atoms with Crippen molar-refractivity contribution in [3.05, 3.63) is 29.8 Å². The number of ether oxygens (including phenoxy) is 1. The van der Waals surface area contributed by atoms with E-state index in [1.54, 1.807) is 6.07 Å². The topological polar surface area (TPSA) is 50.4 Å². The SMILES string of the molecule is O=C1NCCCCC1NCc1cccc(OC(F)(F)F)c1. The lowest BCUT2D eigenvalue weighted by molar-refractivity contribution is -0.274. The number of hydrogen-bond donors (Lipinski definition) is 2. The summed E-state index contributed by atoms with van der Waals surface area (Å²) < 4.78 is 40.3. The largest absolute Gasteiger partial charge is 0.573 e. The Morgan fingerprint density at radius 2 is 2.14 bits per heavy atom. The fourth-order valence-electron chi connectivity index (χ4n) is 2.23. The van der Waals surface area contributed by atoms with Gasteiger partial charge in [-0.05, 0) is 37.0 Å². The summed E-state index contributed by atoms with van der Waals surface area (Å²) in [6, 6.07) is 5.43. The van der Waals surface area contributed by atoms with E-state index in [2.05, 4.69) is 15.4 Å². The van der Waals surface area contributed by atoms with Gasteiger partial charge in [0, 0.05) is 13.1 Å². The number of hydrogen-bond acceptors (Lipinski definition) is 3. The van der Waals surface area contributed by atoms with Crippen LogP contribution in [0.3, 0.4) is 0 Å². The molecule has 1 saturated heterocycles. The average molecular weight is 302 g/mol. The van der Waals surface area contributed by atoms with Crippen LogP contribution in [0.4, 0.5) is 13.2 Å². The average Bonchev–Trinajstić information content (AvgIpc) is 2.59. The highest BCUT2D eigenvalue weighted by molar-refractivity contribution is 5.81. The van der Waals surface area contributed by atoms with Crippen molar-refractivity contribution in [2.75, 3.05) is 6.54 Å². The number of carbonyl (C=O) groups excluding carboxylic acids is 1. The monoisotopic (exact) mass is 302 g/mol. The van der Waals surface area contributed by atoms with Crippen molar-refractivity contribution in [3.63, 3.8) is 0 Å². The maximum atomic E-state index is 12.2. The summed E-state index contributed by atoms with van der Waals surface area (Å²) in [6.45, 7) is 0.985. The van der Waals surface area contributed by atoms with Gasteiger partial charge in [-0.2, -0.15) is 0 Å². The summed E-state index contributed by atoms with van der Waals surface area (Å²) in [5.74, 6) is -0.317. The highest BCUT2D eigenvalue weighted by Crippen LogP contribution is 2.23. The van der Waals surface area contributed by atoms with E-state index in [0.717, 1.165) is 19.3 Å². The minimum Gasteiger partial charge on any atom is -0.406 e. The maximum absolute atomic E-state index is 12.2. The summed E-state index contributed by atoms with van der Waals surface area (Å²) in [4.78, 5) is 11.7. The van der Waals surface area contributed by atoms with Crippen molar-refractivity contribution in [2.45, 2.75) is 38.2 Å². The molecule has 2 rings (SSSR count). The van der Waals surface area contributed by atoms with Crippen LogP contribution in [0.1, 0.15) is 24.8 Å². The van der Waals surface area contributed by atoms with Crippen LogP contribution in [0.2, 0.25) is 0 Å². The second-order valence-corrected chi connectivity index (χ2v) is 4.92. The van der Waals surface area contributed by atoms with Crippen molar-refractivity contribution in [3.8, 4) is 5.75 Å². The fourth-order valence-corrected chi connectivity index (χ4v) is 2.23. The predicted octanol–water partition coefficient (Wildman–Crippen LogP) is 2.34. The van der Waals surface area contributed by atoms with E-state index in [1.807, 2.05) is 0 Å². The zero-order valence-corrected chi connectivity index (χ0v) is 11.4. The third-order valence-electron chi connectivity index (χ3n) is 3.22. The third-order valence-corrected chi connectivity index (χ3v) is 3.22. The number of halogens is 3. The molecule has 21 heavy (non-hydrogen) atoms. The molecule has 0 aromatic heterocycles. The highest BCUT2D eigenvalue weighted by Gasteiger charge is 2.31. The van der Waals surface area contributed by atoms with Crippen molar-refractivity contribution >= 4 is 5.91 Å². The van der Waals surface area contributed by atoms with Gasteiger partial charge < -0.3 is 15.4 Å². The Morgan fingerprint density at radius 3 is 2.90 bits per heavy atom. The van der Waals surface area contributed by atoms with Crippen molar-refractivity contribution in [2.24, 2.45) is 0 Å². The molecule has 7 heteroatoms. The van der Waals surface area contributed by atoms with E-state index in [1.165, 1.54) is 18.2 Å². The molecular weight excluding hydrogens is 285 g/mol. The summed E-state index contributed by atoms with van der Waals surface area (Å²) in [5.41, 5.74) is 0.633. The predicted molar refractivity (Wildman–Crippen MR) is 70.6 cm³/mol. The molecule has 0 radical (unpaired) electrons. The van der Waals surface area contributed by atoms with Gasteiger partial charge in [-0.3, -0.25) is 4.79 Å². The van der Waals surface area contributed by atoms with Gasteiger partial charge in [0.15, 0.2) is 0 Å². The molecule has 116 valence electrons. The quantitative estimate of drug-likeness (QED) is 0.897. The number of nitrogens with one attached hydrogen (secondary N) is 2. The Labute approximate surface area is 120 Å². The lowest BCUT2D eigenvalue weighted by atomic mass is 10.1. The Morgan fingerprint density at radius 1 is 1.33 bits per heavy atom. The third kappa shape index (κ3) is 5.26. The van der Waals surface area contributed by atoms with Crippen LogP contribution in [-0.2, 0) is 11.3 Å². The molecule has 0 aliphatic carbocycles. The first-order valence-electron chi connectivity index (χ1n) is 6.80. The molecule has 4 nitrogen and oxygen atoms in total. The molecule has 1 unspecified atom stereocenters. The molecule has 0 spiro atoms. The van der Waals surface area contributed by atoms with E-state index in [-0.39, 0.29) is 17.7 Å². The van der Waals surface area contributed by atoms with Crippen LogP contribution in [0.15, 0.2) is 24.3 Å². The van der Waals surface area contributed by atoms with Gasteiger partial charge in [0.1, 0.15) is 5.75 Å². The molecule has 0 saturated carbocycles. The van der Waals surface area contributed by atoms with Crippen LogP contribution in [-0.4, -0.2) is 24.9 Å². The fraction of sp³-hybridized carbons (Fsp3) is 0.500. The number of alkyl halides is 3. The zero-order valence-electron chi connectivity index (χ0n) is 11.4. The molecular formula is C14H17F3N2O2. The van der Waals surface area contributed by atoms with E-state index < -0.39 is 6.36 Å². The van der Waals surface area contributed by atoms with Gasteiger partial charge in [0.2, 0.25) is 5.91 Å². The molecule has 1 atom stereocenters. The van der Waals surface area contributed by atoms with Crippen molar-refractivity contribution in [1.82, 2.24) is 10.6 Å². The van der Waals surface area contributed by atoms with E-state index in [0.29, 0.717) is 18.7 Å². The first-order chi connectivity index (χ1) is 9.94. The van der Waals surface area contributed by atoms with Gasteiger partial charge in [-0.25, -0.2) is 0 Å². The lowest BCUT2D eigenvalue weighted by Crippen LogP contribution is -2.42. The molecule has 0 bridgehead atoms. The molecule has 1 fully saturated rings. The van der Waals surface area contributed by atoms with E-state index >= 15 is 0 Å². The molecule has 1 aromatic carbocycles. The summed E-state index contributed by atoms with van der Waals surface area (Å²) in [5, 5.41) is 5.87. The molecule has 2 N–H and O–H groups in total. The zero-order chi connectivity index (χ0) is 15.3. The maximum Gasteiger partial charge on any atom is 0.573 e. The second-order valence-electron chi connectivity index (χ2n) is 4.92. The first kappa shape index (κ1) is 15.6. The minimum atomic E-state index is -4.70. The van der Waals surface area contributed by atoms with Crippen LogP contribution >= 0.6 is 0 Å². The van der Waals surface area contributed by atoms with Crippen LogP contribution in [0.5, 0.6) is 5.75 Å². The molecule has 1 aliphatic rings. The van der Waals surface area contributed by atoms with Gasteiger partial charge >= 0.3 is 6.36 Å². The molecule has 1 aliphatic heterocycles. The molecule has 1 aromatic rings. The Kier molecular flexibility index (Phi) is 5.06. The highest BCUT2D eigenvalue weighted by atomic mass is 19.4. The van der Waals surface area contributed by atoms with Gasteiger partial charge in [0.05, 0.1) is 6.04 Å². The van der Waals surface area contributed by atoms with Gasteiger partial charge in [-0.15, -0.1) is 13.2 Å². The summed E-state index contributed by atoms with van der Waals surface area (Å²) in [7, 11) is 0. The molecule has 1 heterocycles. The Bertz CT molecular complexity index is 491. The van der Waals surface area contributed by atoms with Crippen molar-refractivity contribution in [1.29, 1.82) is 0 Å². The van der Waals surface area contributed by atoms with Gasteiger partial charge in [0.25, 0.3) is 0 Å². The van der Waals surface area contributed by atoms with E-state index in [4.69, 9.17) is 0 Å². The number of rotatable bonds is 4. The molecule has 1 amide bonds. The van der Waals surface area contributed by atoms with Crippen LogP contribution in [0.25, 0.3) is 0 Å². The van der Waals surface area contributed by atoms with Crippen molar-refractivity contribution < 1.29 is 22.7 Å². The number of amides is 1. The lowest BCUT2D eigenvalue weighted by Gasteiger charge is -2.15. The summed E-state index contributed by atoms with van der Waals surface area (Å²) >= 11 is 0. The van der Waals surface area contributed by atoms with Crippen LogP contribution < -0.4 is 15.4 Å². The summed E-state index contributed by atoms with van der Waals surface area (Å²) in [6.07, 6.45) is -2.09. The smallest absolute Gasteiger partial charge is 0.406 e. The normalized spacial score (nSPS) is 19.8. The number of benzene rings is 1. The number of carbonyl (C=O) groups is 1.